The number of unbranched alkanes of at least 4 members (excludes halogenated alkanes) is 2. The van der Waals surface area contributed by atoms with Crippen molar-refractivity contribution in [2.75, 3.05) is 33.5 Å². The van der Waals surface area contributed by atoms with Gasteiger partial charge in [-0.05, 0) is 105 Å². The fraction of sp³-hybridized carbons (Fsp3) is 0.303. The molecule has 13 nitrogen and oxygen atoms in total. The summed E-state index contributed by atoms with van der Waals surface area (Å²) in [4.78, 5) is 59.0. The molecule has 13 heteroatoms. The molecule has 0 fully saturated rings. The Kier molecular flexibility index (Phi) is 14.5. The lowest BCUT2D eigenvalue weighted by atomic mass is 10.1. The summed E-state index contributed by atoms with van der Waals surface area (Å²) in [6.07, 6.45) is 0.698. The Hall–Kier alpha value is -5.43. The van der Waals surface area contributed by atoms with Crippen molar-refractivity contribution in [3.05, 3.63) is 83.4 Å². The Labute approximate surface area is 265 Å². The van der Waals surface area contributed by atoms with E-state index in [1.807, 2.05) is 0 Å². The Morgan fingerprint density at radius 3 is 1.61 bits per heavy atom. The molecule has 0 saturated carbocycles. The van der Waals surface area contributed by atoms with Crippen LogP contribution in [0.2, 0.25) is 0 Å². The van der Waals surface area contributed by atoms with Gasteiger partial charge in [0, 0.05) is 13.7 Å². The lowest BCUT2D eigenvalue weighted by Crippen LogP contribution is -2.13. The average molecular weight is 639 g/mol. The third-order valence-corrected chi connectivity index (χ3v) is 6.05. The average Bonchev–Trinajstić information content (AvgIpc) is 3.04. The van der Waals surface area contributed by atoms with Gasteiger partial charge < -0.3 is 37.9 Å². The van der Waals surface area contributed by atoms with E-state index in [9.17, 15) is 24.0 Å². The van der Waals surface area contributed by atoms with Crippen LogP contribution in [0.4, 0.5) is 9.59 Å². The summed E-state index contributed by atoms with van der Waals surface area (Å²) in [6.45, 7) is 3.14. The standard InChI is InChI=1S/C33H34O13/c1-23-21-25(31(36)43-26-12-14-28(15-13-26)45-33(38)42-20-6-4-18-40-22-34)9-16-29(23)46-30(35)24-7-10-27(11-8-24)44-32(37)41-19-5-3-17-39-2/h7-16,21-22H,3-6,17-20H2,1-2H3. The van der Waals surface area contributed by atoms with Crippen molar-refractivity contribution in [1.82, 2.24) is 0 Å². The predicted octanol–water partition coefficient (Wildman–Crippen LogP) is 5.84. The topological polar surface area (TPSA) is 159 Å². The second-order valence-electron chi connectivity index (χ2n) is 9.53. The van der Waals surface area contributed by atoms with Crippen molar-refractivity contribution in [3.63, 3.8) is 0 Å². The van der Waals surface area contributed by atoms with Gasteiger partial charge >= 0.3 is 24.2 Å². The Morgan fingerprint density at radius 2 is 1.07 bits per heavy atom. The molecule has 3 rings (SSSR count). The van der Waals surface area contributed by atoms with Crippen LogP contribution in [0.25, 0.3) is 0 Å². The maximum absolute atomic E-state index is 12.7. The van der Waals surface area contributed by atoms with Crippen LogP contribution in [-0.4, -0.2) is 64.3 Å². The van der Waals surface area contributed by atoms with E-state index in [0.29, 0.717) is 37.9 Å². The highest BCUT2D eigenvalue weighted by Gasteiger charge is 2.16. The zero-order valence-corrected chi connectivity index (χ0v) is 25.4. The van der Waals surface area contributed by atoms with Crippen LogP contribution in [0.3, 0.4) is 0 Å². The van der Waals surface area contributed by atoms with Gasteiger partial charge in [-0.25, -0.2) is 19.2 Å². The van der Waals surface area contributed by atoms with Crippen molar-refractivity contribution in [1.29, 1.82) is 0 Å². The van der Waals surface area contributed by atoms with E-state index < -0.39 is 24.2 Å². The molecule has 3 aromatic rings. The molecule has 0 atom stereocenters. The molecule has 46 heavy (non-hydrogen) atoms. The van der Waals surface area contributed by atoms with Crippen LogP contribution in [0.15, 0.2) is 66.7 Å². The van der Waals surface area contributed by atoms with Crippen molar-refractivity contribution in [3.8, 4) is 23.0 Å². The van der Waals surface area contributed by atoms with Crippen LogP contribution in [0, 0.1) is 6.92 Å². The second kappa shape index (κ2) is 19.1. The van der Waals surface area contributed by atoms with Crippen molar-refractivity contribution in [2.45, 2.75) is 32.6 Å². The third-order valence-electron chi connectivity index (χ3n) is 6.05. The van der Waals surface area contributed by atoms with Crippen LogP contribution >= 0.6 is 0 Å². The van der Waals surface area contributed by atoms with Crippen LogP contribution in [-0.2, 0) is 23.7 Å². The number of benzene rings is 3. The van der Waals surface area contributed by atoms with E-state index in [0.717, 1.165) is 6.42 Å². The predicted molar refractivity (Wildman–Crippen MR) is 160 cm³/mol. The van der Waals surface area contributed by atoms with Gasteiger partial charge in [0.2, 0.25) is 0 Å². The number of carbonyl (C=O) groups excluding carboxylic acids is 5. The van der Waals surface area contributed by atoms with Crippen molar-refractivity contribution in [2.24, 2.45) is 0 Å². The molecular formula is C33H34O13. The van der Waals surface area contributed by atoms with Gasteiger partial charge in [0.05, 0.1) is 30.9 Å². The first-order chi connectivity index (χ1) is 22.3. The second-order valence-corrected chi connectivity index (χ2v) is 9.53. The minimum absolute atomic E-state index is 0.104. The lowest BCUT2D eigenvalue weighted by molar-refractivity contribution is -0.128. The minimum Gasteiger partial charge on any atom is -0.468 e. The minimum atomic E-state index is -0.898. The molecule has 0 radical (unpaired) electrons. The molecule has 0 aliphatic rings. The molecule has 0 aliphatic carbocycles. The van der Waals surface area contributed by atoms with E-state index in [1.165, 1.54) is 66.7 Å². The smallest absolute Gasteiger partial charge is 0.468 e. The Bertz CT molecular complexity index is 1450. The van der Waals surface area contributed by atoms with Crippen molar-refractivity contribution < 1.29 is 61.9 Å². The highest BCUT2D eigenvalue weighted by molar-refractivity contribution is 5.93. The summed E-state index contributed by atoms with van der Waals surface area (Å²) >= 11 is 0. The molecule has 3 aromatic carbocycles. The molecule has 0 bridgehead atoms. The summed E-state index contributed by atoms with van der Waals surface area (Å²) in [5.41, 5.74) is 0.936. The van der Waals surface area contributed by atoms with Gasteiger partial charge in [-0.1, -0.05) is 0 Å². The number of hydrogen-bond donors (Lipinski definition) is 0. The fourth-order valence-corrected chi connectivity index (χ4v) is 3.70. The molecule has 0 aliphatic heterocycles. The number of rotatable bonds is 17. The first-order valence-electron chi connectivity index (χ1n) is 14.3. The molecule has 244 valence electrons. The number of hydrogen-bond acceptors (Lipinski definition) is 13. The summed E-state index contributed by atoms with van der Waals surface area (Å²) in [7, 11) is 1.60. The van der Waals surface area contributed by atoms with Crippen molar-refractivity contribution >= 4 is 30.7 Å². The van der Waals surface area contributed by atoms with E-state index in [2.05, 4.69) is 4.74 Å². The van der Waals surface area contributed by atoms with Crippen LogP contribution < -0.4 is 18.9 Å². The summed E-state index contributed by atoms with van der Waals surface area (Å²) < 4.78 is 40.4. The maximum atomic E-state index is 12.7. The number of carbonyl (C=O) groups is 5. The van der Waals surface area contributed by atoms with Gasteiger partial charge in [0.15, 0.2) is 0 Å². The zero-order chi connectivity index (χ0) is 33.1. The molecule has 0 heterocycles. The summed E-state index contributed by atoms with van der Waals surface area (Å²) in [5.74, 6) is -0.477. The van der Waals surface area contributed by atoms with Crippen LogP contribution in [0.5, 0.6) is 23.0 Å². The van der Waals surface area contributed by atoms with E-state index >= 15 is 0 Å². The lowest BCUT2D eigenvalue weighted by Gasteiger charge is -2.10. The fourth-order valence-electron chi connectivity index (χ4n) is 3.70. The van der Waals surface area contributed by atoms with Gasteiger partial charge in [-0.3, -0.25) is 4.79 Å². The SMILES string of the molecule is COCCCCOC(=O)Oc1ccc(C(=O)Oc2ccc(C(=O)Oc3ccc(OC(=O)OCCCCOC=O)cc3)cc2C)cc1. The number of methoxy groups -OCH3 is 1. The van der Waals surface area contributed by atoms with Gasteiger partial charge in [-0.2, -0.15) is 0 Å². The van der Waals surface area contributed by atoms with E-state index in [1.54, 1.807) is 14.0 Å². The monoisotopic (exact) mass is 638 g/mol. The first kappa shape index (κ1) is 35.1. The van der Waals surface area contributed by atoms with Gasteiger partial charge in [0.1, 0.15) is 23.0 Å². The first-order valence-corrected chi connectivity index (χ1v) is 14.3. The molecule has 0 aromatic heterocycles. The molecular weight excluding hydrogens is 604 g/mol. The largest absolute Gasteiger partial charge is 0.513 e. The number of esters is 2. The molecule has 0 unspecified atom stereocenters. The Balaban J connectivity index is 1.45. The summed E-state index contributed by atoms with van der Waals surface area (Å²) in [5, 5.41) is 0. The highest BCUT2D eigenvalue weighted by Crippen LogP contribution is 2.24. The Morgan fingerprint density at radius 1 is 0.587 bits per heavy atom. The summed E-state index contributed by atoms with van der Waals surface area (Å²) in [6, 6.07) is 16.0. The third kappa shape index (κ3) is 12.3. The molecule has 0 spiro atoms. The zero-order valence-electron chi connectivity index (χ0n) is 25.4. The van der Waals surface area contributed by atoms with Gasteiger partial charge in [0.25, 0.3) is 6.47 Å². The molecule has 0 amide bonds. The maximum Gasteiger partial charge on any atom is 0.513 e. The quantitative estimate of drug-likeness (QED) is 0.0433. The normalized spacial score (nSPS) is 10.3. The van der Waals surface area contributed by atoms with E-state index in [4.69, 9.17) is 33.2 Å². The van der Waals surface area contributed by atoms with Crippen LogP contribution in [0.1, 0.15) is 52.0 Å². The number of aryl methyl sites for hydroxylation is 1. The molecule has 0 saturated heterocycles. The van der Waals surface area contributed by atoms with E-state index in [-0.39, 0.29) is 53.9 Å². The number of ether oxygens (including phenoxy) is 8. The molecule has 0 N–H and O–H groups in total. The highest BCUT2D eigenvalue weighted by atomic mass is 16.7. The van der Waals surface area contributed by atoms with Gasteiger partial charge in [-0.15, -0.1) is 0 Å².